The molecule has 5 nitrogen and oxygen atoms in total. The fraction of sp³-hybridized carbons (Fsp3) is 0.421. The lowest BCUT2D eigenvalue weighted by atomic mass is 10.1. The Morgan fingerprint density at radius 1 is 1.20 bits per heavy atom. The average molecular weight is 364 g/mol. The van der Waals surface area contributed by atoms with Crippen LogP contribution < -0.4 is 20.1 Å². The first-order valence-electron chi connectivity index (χ1n) is 8.32. The number of benzene rings is 1. The van der Waals surface area contributed by atoms with E-state index in [1.807, 2.05) is 39.0 Å². The van der Waals surface area contributed by atoms with Crippen molar-refractivity contribution in [1.82, 2.24) is 5.32 Å². The Kier molecular flexibility index (Phi) is 6.84. The predicted molar refractivity (Wildman–Crippen MR) is 100 cm³/mol. The van der Waals surface area contributed by atoms with Crippen molar-refractivity contribution in [2.75, 3.05) is 13.7 Å². The normalized spacial score (nSPS) is 11.2. The lowest BCUT2D eigenvalue weighted by Gasteiger charge is -2.20. The standard InChI is InChI=1S/C19H26N2O3S/c1-19(2,3)21-18(22)13-24-16-8-7-14(10-17(16)23-4)11-20-12-15-6-5-9-25-15/h5-10,20H,11-13H2,1-4H3,(H,21,22)/p+1. The van der Waals surface area contributed by atoms with Gasteiger partial charge in [0.05, 0.1) is 12.0 Å². The van der Waals surface area contributed by atoms with Gasteiger partial charge in [0, 0.05) is 11.1 Å². The maximum Gasteiger partial charge on any atom is 0.258 e. The van der Waals surface area contributed by atoms with E-state index in [0.29, 0.717) is 11.5 Å². The zero-order chi connectivity index (χ0) is 18.3. The van der Waals surface area contributed by atoms with Gasteiger partial charge in [0.2, 0.25) is 0 Å². The highest BCUT2D eigenvalue weighted by molar-refractivity contribution is 7.09. The van der Waals surface area contributed by atoms with Crippen molar-refractivity contribution in [3.63, 3.8) is 0 Å². The van der Waals surface area contributed by atoms with E-state index in [1.165, 1.54) is 4.88 Å². The summed E-state index contributed by atoms with van der Waals surface area (Å²) in [7, 11) is 1.61. The summed E-state index contributed by atoms with van der Waals surface area (Å²) in [5.74, 6) is 1.07. The fourth-order valence-corrected chi connectivity index (χ4v) is 3.07. The third kappa shape index (κ3) is 6.76. The van der Waals surface area contributed by atoms with Crippen LogP contribution in [0.5, 0.6) is 11.5 Å². The highest BCUT2D eigenvalue weighted by Crippen LogP contribution is 2.27. The van der Waals surface area contributed by atoms with Gasteiger partial charge < -0.3 is 20.1 Å². The van der Waals surface area contributed by atoms with E-state index in [9.17, 15) is 4.79 Å². The van der Waals surface area contributed by atoms with Crippen molar-refractivity contribution in [3.05, 3.63) is 46.2 Å². The molecule has 0 saturated heterocycles. The molecular formula is C19H27N2O3S+. The van der Waals surface area contributed by atoms with Crippen LogP contribution in [0.4, 0.5) is 0 Å². The number of rotatable bonds is 8. The summed E-state index contributed by atoms with van der Waals surface area (Å²) in [4.78, 5) is 13.2. The van der Waals surface area contributed by atoms with E-state index >= 15 is 0 Å². The number of methoxy groups -OCH3 is 1. The monoisotopic (exact) mass is 363 g/mol. The van der Waals surface area contributed by atoms with E-state index in [0.717, 1.165) is 18.7 Å². The first-order chi connectivity index (χ1) is 11.9. The summed E-state index contributed by atoms with van der Waals surface area (Å²) >= 11 is 1.77. The number of nitrogens with one attached hydrogen (secondary N) is 1. The number of ether oxygens (including phenoxy) is 2. The maximum absolute atomic E-state index is 11.9. The molecule has 0 saturated carbocycles. The number of quaternary nitrogens is 1. The molecule has 0 aliphatic rings. The zero-order valence-corrected chi connectivity index (χ0v) is 16.1. The van der Waals surface area contributed by atoms with Crippen LogP contribution in [0.3, 0.4) is 0 Å². The maximum atomic E-state index is 11.9. The van der Waals surface area contributed by atoms with Crippen LogP contribution in [-0.2, 0) is 17.9 Å². The molecule has 0 spiro atoms. The van der Waals surface area contributed by atoms with Crippen LogP contribution >= 0.6 is 11.3 Å². The highest BCUT2D eigenvalue weighted by Gasteiger charge is 2.15. The first-order valence-corrected chi connectivity index (χ1v) is 9.20. The van der Waals surface area contributed by atoms with Crippen LogP contribution in [0.15, 0.2) is 35.7 Å². The molecule has 1 heterocycles. The van der Waals surface area contributed by atoms with Crippen molar-refractivity contribution < 1.29 is 19.6 Å². The van der Waals surface area contributed by atoms with Gasteiger partial charge in [-0.05, 0) is 50.4 Å². The van der Waals surface area contributed by atoms with Crippen LogP contribution in [0.1, 0.15) is 31.2 Å². The van der Waals surface area contributed by atoms with Gasteiger partial charge in [-0.2, -0.15) is 0 Å². The second-order valence-electron chi connectivity index (χ2n) is 6.85. The van der Waals surface area contributed by atoms with Gasteiger partial charge in [-0.1, -0.05) is 6.07 Å². The van der Waals surface area contributed by atoms with Crippen LogP contribution in [0.2, 0.25) is 0 Å². The number of carbonyl (C=O) groups excluding carboxylic acids is 1. The number of thiophene rings is 1. The summed E-state index contributed by atoms with van der Waals surface area (Å²) in [6.45, 7) is 7.61. The van der Waals surface area contributed by atoms with E-state index in [4.69, 9.17) is 9.47 Å². The molecule has 1 aromatic carbocycles. The van der Waals surface area contributed by atoms with Crippen molar-refractivity contribution in [1.29, 1.82) is 0 Å². The van der Waals surface area contributed by atoms with Gasteiger partial charge >= 0.3 is 0 Å². The summed E-state index contributed by atoms with van der Waals surface area (Å²) in [5.41, 5.74) is 0.882. The van der Waals surface area contributed by atoms with Crippen LogP contribution in [0, 0.1) is 0 Å². The minimum atomic E-state index is -0.271. The lowest BCUT2D eigenvalue weighted by Crippen LogP contribution is -2.80. The molecule has 2 aromatic rings. The minimum Gasteiger partial charge on any atom is -0.493 e. The Morgan fingerprint density at radius 3 is 2.64 bits per heavy atom. The minimum absolute atomic E-state index is 0.0303. The highest BCUT2D eigenvalue weighted by atomic mass is 32.1. The average Bonchev–Trinajstić information content (AvgIpc) is 3.05. The third-order valence-corrected chi connectivity index (χ3v) is 4.31. The zero-order valence-electron chi connectivity index (χ0n) is 15.3. The predicted octanol–water partition coefficient (Wildman–Crippen LogP) is 2.31. The van der Waals surface area contributed by atoms with Crippen LogP contribution in [0.25, 0.3) is 0 Å². The van der Waals surface area contributed by atoms with E-state index in [-0.39, 0.29) is 18.1 Å². The summed E-state index contributed by atoms with van der Waals surface area (Å²) in [6.07, 6.45) is 0. The number of hydrogen-bond donors (Lipinski definition) is 2. The Hall–Kier alpha value is -2.05. The van der Waals surface area contributed by atoms with Gasteiger partial charge in [-0.3, -0.25) is 4.79 Å². The van der Waals surface area contributed by atoms with Crippen molar-refractivity contribution >= 4 is 17.2 Å². The van der Waals surface area contributed by atoms with Gasteiger partial charge in [0.15, 0.2) is 18.1 Å². The summed E-state index contributed by atoms with van der Waals surface area (Å²) in [5, 5.41) is 7.21. The molecule has 3 N–H and O–H groups in total. The second-order valence-corrected chi connectivity index (χ2v) is 7.88. The number of nitrogens with two attached hydrogens (primary N) is 1. The molecule has 1 aromatic heterocycles. The van der Waals surface area contributed by atoms with Crippen LogP contribution in [-0.4, -0.2) is 25.2 Å². The van der Waals surface area contributed by atoms with Crippen molar-refractivity contribution in [2.24, 2.45) is 0 Å². The smallest absolute Gasteiger partial charge is 0.258 e. The molecule has 136 valence electrons. The van der Waals surface area contributed by atoms with E-state index < -0.39 is 0 Å². The van der Waals surface area contributed by atoms with E-state index in [2.05, 4.69) is 28.1 Å². The molecule has 0 unspecified atom stereocenters. The van der Waals surface area contributed by atoms with Crippen molar-refractivity contribution in [3.8, 4) is 11.5 Å². The Labute approximate surface area is 153 Å². The summed E-state index contributed by atoms with van der Waals surface area (Å²) in [6, 6.07) is 10.0. The Morgan fingerprint density at radius 2 is 2.00 bits per heavy atom. The molecular weight excluding hydrogens is 336 g/mol. The van der Waals surface area contributed by atoms with Gasteiger partial charge in [-0.25, -0.2) is 0 Å². The van der Waals surface area contributed by atoms with Gasteiger partial charge in [0.1, 0.15) is 13.1 Å². The molecule has 6 heteroatoms. The molecule has 0 aliphatic carbocycles. The largest absolute Gasteiger partial charge is 0.493 e. The third-order valence-electron chi connectivity index (χ3n) is 3.41. The lowest BCUT2D eigenvalue weighted by molar-refractivity contribution is -0.685. The summed E-state index contributed by atoms with van der Waals surface area (Å²) < 4.78 is 11.0. The molecule has 0 aliphatic heterocycles. The SMILES string of the molecule is COc1cc(C[NH2+]Cc2cccs2)ccc1OCC(=O)NC(C)(C)C. The van der Waals surface area contributed by atoms with Gasteiger partial charge in [0.25, 0.3) is 5.91 Å². The van der Waals surface area contributed by atoms with Crippen molar-refractivity contribution in [2.45, 2.75) is 39.4 Å². The Balaban J connectivity index is 1.88. The number of hydrogen-bond acceptors (Lipinski definition) is 4. The molecule has 2 rings (SSSR count). The topological polar surface area (TPSA) is 64.2 Å². The Bertz CT molecular complexity index is 678. The molecule has 0 radical (unpaired) electrons. The van der Waals surface area contributed by atoms with Gasteiger partial charge in [-0.15, -0.1) is 11.3 Å². The molecule has 0 fully saturated rings. The van der Waals surface area contributed by atoms with E-state index in [1.54, 1.807) is 18.4 Å². The number of amides is 1. The second kappa shape index (κ2) is 8.87. The number of carbonyl (C=O) groups is 1. The first kappa shape index (κ1) is 19.3. The molecule has 25 heavy (non-hydrogen) atoms. The molecule has 0 atom stereocenters. The molecule has 1 amide bonds. The fourth-order valence-electron chi connectivity index (χ4n) is 2.37. The quantitative estimate of drug-likeness (QED) is 0.756. The molecule has 0 bridgehead atoms.